The van der Waals surface area contributed by atoms with E-state index >= 15 is 0 Å². The van der Waals surface area contributed by atoms with Gasteiger partial charge in [0, 0.05) is 43.4 Å². The molecule has 2 aliphatic rings. The summed E-state index contributed by atoms with van der Waals surface area (Å²) in [6.07, 6.45) is 13.8. The Labute approximate surface area is 186 Å². The SMILES string of the molecule is CC(C)c1csc(CN(Cc2cccnc2)C[C@@H]2CCCN(C3CCCCC3)C2)n1. The molecule has 4 rings (SSSR count). The Balaban J connectivity index is 1.41. The Morgan fingerprint density at radius 1 is 1.13 bits per heavy atom. The molecule has 1 atom stereocenters. The van der Waals surface area contributed by atoms with E-state index in [-0.39, 0.29) is 0 Å². The van der Waals surface area contributed by atoms with Gasteiger partial charge in [0.25, 0.3) is 0 Å². The van der Waals surface area contributed by atoms with Gasteiger partial charge in [-0.3, -0.25) is 9.88 Å². The second kappa shape index (κ2) is 10.8. The Morgan fingerprint density at radius 2 is 2.00 bits per heavy atom. The lowest BCUT2D eigenvalue weighted by Gasteiger charge is -2.41. The van der Waals surface area contributed by atoms with Crippen molar-refractivity contribution in [2.75, 3.05) is 19.6 Å². The topological polar surface area (TPSA) is 32.3 Å². The average molecular weight is 427 g/mol. The van der Waals surface area contributed by atoms with Crippen LogP contribution in [0.5, 0.6) is 0 Å². The summed E-state index contributed by atoms with van der Waals surface area (Å²) < 4.78 is 0. The standard InChI is InChI=1S/C25H38N4S/c1-20(2)24-19-30-25(27-24)18-28(15-21-8-6-12-26-14-21)16-22-9-7-13-29(17-22)23-10-4-3-5-11-23/h6,8,12,14,19-20,22-23H,3-5,7,9-11,13,15-18H2,1-2H3/t22-/m0/s1. The molecule has 3 heterocycles. The molecule has 0 N–H and O–H groups in total. The zero-order chi connectivity index (χ0) is 20.8. The fourth-order valence-electron chi connectivity index (χ4n) is 5.18. The molecule has 0 radical (unpaired) electrons. The number of hydrogen-bond donors (Lipinski definition) is 0. The number of pyridine rings is 1. The van der Waals surface area contributed by atoms with Crippen LogP contribution >= 0.6 is 11.3 Å². The number of hydrogen-bond acceptors (Lipinski definition) is 5. The normalized spacial score (nSPS) is 21.5. The summed E-state index contributed by atoms with van der Waals surface area (Å²) in [5, 5.41) is 3.50. The summed E-state index contributed by atoms with van der Waals surface area (Å²) in [7, 11) is 0. The molecule has 2 aromatic heterocycles. The van der Waals surface area contributed by atoms with Crippen LogP contribution in [-0.4, -0.2) is 45.4 Å². The third-order valence-electron chi connectivity index (χ3n) is 6.81. The Kier molecular flexibility index (Phi) is 7.91. The number of thiazole rings is 1. The molecular weight excluding hydrogens is 388 g/mol. The van der Waals surface area contributed by atoms with E-state index in [0.717, 1.165) is 31.6 Å². The minimum absolute atomic E-state index is 0.504. The van der Waals surface area contributed by atoms with Gasteiger partial charge in [-0.05, 0) is 55.7 Å². The fourth-order valence-corrected chi connectivity index (χ4v) is 6.18. The van der Waals surface area contributed by atoms with Gasteiger partial charge >= 0.3 is 0 Å². The molecule has 0 unspecified atom stereocenters. The third kappa shape index (κ3) is 6.12. The first kappa shape index (κ1) is 21.9. The second-order valence-electron chi connectivity index (χ2n) is 9.65. The van der Waals surface area contributed by atoms with Gasteiger partial charge in [-0.1, -0.05) is 39.2 Å². The van der Waals surface area contributed by atoms with Gasteiger partial charge in [0.2, 0.25) is 0 Å². The zero-order valence-electron chi connectivity index (χ0n) is 18.8. The molecule has 1 aliphatic heterocycles. The number of likely N-dealkylation sites (tertiary alicyclic amines) is 1. The van der Waals surface area contributed by atoms with Gasteiger partial charge in [-0.2, -0.15) is 0 Å². The molecular formula is C25H38N4S. The Hall–Kier alpha value is -1.30. The molecule has 1 saturated heterocycles. The first-order valence-corrected chi connectivity index (χ1v) is 12.8. The largest absolute Gasteiger partial charge is 0.300 e. The van der Waals surface area contributed by atoms with Gasteiger partial charge < -0.3 is 4.90 Å². The predicted molar refractivity (Wildman–Crippen MR) is 126 cm³/mol. The Morgan fingerprint density at radius 3 is 2.73 bits per heavy atom. The van der Waals surface area contributed by atoms with Gasteiger partial charge in [-0.15, -0.1) is 11.3 Å². The average Bonchev–Trinajstić information content (AvgIpc) is 3.24. The lowest BCUT2D eigenvalue weighted by atomic mass is 9.90. The van der Waals surface area contributed by atoms with Crippen molar-refractivity contribution in [3.8, 4) is 0 Å². The van der Waals surface area contributed by atoms with Crippen LogP contribution in [0.15, 0.2) is 29.9 Å². The van der Waals surface area contributed by atoms with Gasteiger partial charge in [-0.25, -0.2) is 4.98 Å². The molecule has 1 aliphatic carbocycles. The van der Waals surface area contributed by atoms with E-state index in [4.69, 9.17) is 4.98 Å². The third-order valence-corrected chi connectivity index (χ3v) is 7.66. The molecule has 164 valence electrons. The van der Waals surface area contributed by atoms with Crippen molar-refractivity contribution < 1.29 is 0 Å². The van der Waals surface area contributed by atoms with Crippen molar-refractivity contribution >= 4 is 11.3 Å². The number of piperidine rings is 1. The molecule has 0 spiro atoms. The van der Waals surface area contributed by atoms with Crippen LogP contribution < -0.4 is 0 Å². The minimum Gasteiger partial charge on any atom is -0.300 e. The zero-order valence-corrected chi connectivity index (χ0v) is 19.6. The van der Waals surface area contributed by atoms with Crippen LogP contribution in [0.1, 0.15) is 81.0 Å². The van der Waals surface area contributed by atoms with Crippen LogP contribution in [-0.2, 0) is 13.1 Å². The van der Waals surface area contributed by atoms with E-state index in [2.05, 4.69) is 46.1 Å². The molecule has 5 heteroatoms. The lowest BCUT2D eigenvalue weighted by molar-refractivity contribution is 0.0771. The monoisotopic (exact) mass is 426 g/mol. The summed E-state index contributed by atoms with van der Waals surface area (Å²) in [5.74, 6) is 1.27. The molecule has 0 bridgehead atoms. The van der Waals surface area contributed by atoms with Crippen LogP contribution in [0.25, 0.3) is 0 Å². The Bertz CT molecular complexity index is 754. The summed E-state index contributed by atoms with van der Waals surface area (Å²) >= 11 is 1.82. The summed E-state index contributed by atoms with van der Waals surface area (Å²) in [6, 6.07) is 5.11. The van der Waals surface area contributed by atoms with E-state index in [1.807, 2.05) is 23.7 Å². The maximum atomic E-state index is 4.92. The van der Waals surface area contributed by atoms with E-state index < -0.39 is 0 Å². The van der Waals surface area contributed by atoms with Gasteiger partial charge in [0.05, 0.1) is 12.2 Å². The highest BCUT2D eigenvalue weighted by molar-refractivity contribution is 7.09. The minimum atomic E-state index is 0.504. The fraction of sp³-hybridized carbons (Fsp3) is 0.680. The van der Waals surface area contributed by atoms with E-state index in [9.17, 15) is 0 Å². The van der Waals surface area contributed by atoms with Crippen molar-refractivity contribution in [2.45, 2.75) is 83.8 Å². The van der Waals surface area contributed by atoms with Crippen molar-refractivity contribution in [2.24, 2.45) is 5.92 Å². The number of aromatic nitrogens is 2. The van der Waals surface area contributed by atoms with Crippen molar-refractivity contribution in [3.63, 3.8) is 0 Å². The van der Waals surface area contributed by atoms with E-state index in [1.165, 1.54) is 74.3 Å². The summed E-state index contributed by atoms with van der Waals surface area (Å²) in [4.78, 5) is 14.7. The molecule has 0 amide bonds. The molecule has 0 aromatic carbocycles. The van der Waals surface area contributed by atoms with Crippen LogP contribution in [0, 0.1) is 5.92 Å². The van der Waals surface area contributed by atoms with Crippen LogP contribution in [0.3, 0.4) is 0 Å². The highest BCUT2D eigenvalue weighted by Gasteiger charge is 2.28. The highest BCUT2D eigenvalue weighted by Crippen LogP contribution is 2.28. The molecule has 4 nitrogen and oxygen atoms in total. The van der Waals surface area contributed by atoms with Crippen molar-refractivity contribution in [1.82, 2.24) is 19.8 Å². The molecule has 2 fully saturated rings. The maximum absolute atomic E-state index is 4.92. The van der Waals surface area contributed by atoms with E-state index in [1.54, 1.807) is 0 Å². The lowest BCUT2D eigenvalue weighted by Crippen LogP contribution is -2.46. The van der Waals surface area contributed by atoms with Gasteiger partial charge in [0.15, 0.2) is 0 Å². The second-order valence-corrected chi connectivity index (χ2v) is 10.6. The first-order chi connectivity index (χ1) is 14.7. The maximum Gasteiger partial charge on any atom is 0.107 e. The smallest absolute Gasteiger partial charge is 0.107 e. The molecule has 30 heavy (non-hydrogen) atoms. The van der Waals surface area contributed by atoms with Crippen LogP contribution in [0.4, 0.5) is 0 Å². The number of nitrogens with zero attached hydrogens (tertiary/aromatic N) is 4. The number of rotatable bonds is 8. The van der Waals surface area contributed by atoms with Gasteiger partial charge in [0.1, 0.15) is 5.01 Å². The van der Waals surface area contributed by atoms with Crippen molar-refractivity contribution in [3.05, 3.63) is 46.2 Å². The summed E-state index contributed by atoms with van der Waals surface area (Å²) in [6.45, 7) is 10.1. The van der Waals surface area contributed by atoms with Crippen LogP contribution in [0.2, 0.25) is 0 Å². The highest BCUT2D eigenvalue weighted by atomic mass is 32.1. The quantitative estimate of drug-likeness (QED) is 0.541. The predicted octanol–water partition coefficient (Wildman–Crippen LogP) is 5.71. The van der Waals surface area contributed by atoms with E-state index in [0.29, 0.717) is 5.92 Å². The first-order valence-electron chi connectivity index (χ1n) is 12.0. The summed E-state index contributed by atoms with van der Waals surface area (Å²) in [5.41, 5.74) is 2.54. The van der Waals surface area contributed by atoms with Crippen molar-refractivity contribution in [1.29, 1.82) is 0 Å². The molecule has 1 saturated carbocycles. The molecule has 2 aromatic rings.